The second kappa shape index (κ2) is 18.5. The fourth-order valence-electron chi connectivity index (χ4n) is 3.99. The molecule has 183 valence electrons. The smallest absolute Gasteiger partial charge is 1.00 e. The van der Waals surface area contributed by atoms with E-state index in [1.54, 1.807) is 0 Å². The summed E-state index contributed by atoms with van der Waals surface area (Å²) in [5.41, 5.74) is 8.45. The van der Waals surface area contributed by atoms with Gasteiger partial charge in [-0.15, -0.1) is 0 Å². The number of benzene rings is 2. The zero-order valence-electron chi connectivity index (χ0n) is 20.4. The molecule has 0 aliphatic carbocycles. The molecule has 0 amide bonds. The van der Waals surface area contributed by atoms with Crippen LogP contribution in [0, 0.1) is 0 Å². The Hall–Kier alpha value is -0.914. The number of likely N-dealkylation sites (N-methyl/N-ethyl adjacent to an activating group) is 1. The van der Waals surface area contributed by atoms with Crippen molar-refractivity contribution in [3.8, 4) is 0 Å². The summed E-state index contributed by atoms with van der Waals surface area (Å²) in [7, 11) is 2.23. The van der Waals surface area contributed by atoms with Gasteiger partial charge in [-0.25, -0.2) is 0 Å². The van der Waals surface area contributed by atoms with Crippen molar-refractivity contribution in [2.24, 2.45) is 0 Å². The van der Waals surface area contributed by atoms with Gasteiger partial charge < -0.3 is 40.3 Å². The number of nitrogens with one attached hydrogen (secondary N) is 2. The zero-order chi connectivity index (χ0) is 21.1. The molecule has 0 fully saturated rings. The van der Waals surface area contributed by atoms with E-state index in [9.17, 15) is 0 Å². The molecule has 2 aromatic rings. The van der Waals surface area contributed by atoms with Crippen LogP contribution < -0.4 is 35.4 Å². The predicted octanol–water partition coefficient (Wildman–Crippen LogP) is -0.212. The van der Waals surface area contributed by atoms with Crippen molar-refractivity contribution in [1.82, 2.24) is 4.90 Å². The van der Waals surface area contributed by atoms with Crippen molar-refractivity contribution >= 4 is 11.4 Å². The molecule has 1 radical (unpaired) electrons. The molecule has 2 aromatic carbocycles. The van der Waals surface area contributed by atoms with Gasteiger partial charge in [0.05, 0.1) is 0 Å². The molecule has 0 saturated carbocycles. The van der Waals surface area contributed by atoms with Crippen LogP contribution in [0.3, 0.4) is 0 Å². The van der Waals surface area contributed by atoms with Gasteiger partial charge >= 0.3 is 16.8 Å². The monoisotopic (exact) mass is 524 g/mol. The maximum Gasteiger partial charge on any atom is 2.00 e. The fourth-order valence-corrected chi connectivity index (χ4v) is 3.99. The molecule has 0 aliphatic heterocycles. The van der Waals surface area contributed by atoms with Gasteiger partial charge in [-0.2, -0.15) is 0 Å². The van der Waals surface area contributed by atoms with E-state index < -0.39 is 0 Å². The van der Waals surface area contributed by atoms with Crippen LogP contribution in [0.5, 0.6) is 0 Å². The number of hydrogen-bond donors (Lipinski definition) is 2. The molecular formula is C26H41Cl2CoN3. The van der Waals surface area contributed by atoms with Crippen LogP contribution in [0.4, 0.5) is 11.4 Å². The van der Waals surface area contributed by atoms with E-state index in [0.29, 0.717) is 0 Å². The van der Waals surface area contributed by atoms with Crippen molar-refractivity contribution in [3.63, 3.8) is 0 Å². The molecule has 0 aromatic heterocycles. The molecule has 6 heteroatoms. The number of aryl methyl sites for hydroxylation is 4. The van der Waals surface area contributed by atoms with Crippen LogP contribution in [0.15, 0.2) is 36.4 Å². The zero-order valence-corrected chi connectivity index (χ0v) is 22.9. The molecular weight excluding hydrogens is 484 g/mol. The number of anilines is 2. The maximum absolute atomic E-state index is 3.71. The Morgan fingerprint density at radius 2 is 1.00 bits per heavy atom. The minimum absolute atomic E-state index is 0. The van der Waals surface area contributed by atoms with Crippen LogP contribution >= 0.6 is 0 Å². The summed E-state index contributed by atoms with van der Waals surface area (Å²) < 4.78 is 0. The second-order valence-corrected chi connectivity index (χ2v) is 7.83. The number of nitrogens with zero attached hydrogens (tertiary/aromatic N) is 1. The van der Waals surface area contributed by atoms with Crippen LogP contribution in [-0.4, -0.2) is 38.1 Å². The van der Waals surface area contributed by atoms with Crippen LogP contribution in [0.25, 0.3) is 0 Å². The average molecular weight is 525 g/mol. The number of rotatable bonds is 13. The predicted molar refractivity (Wildman–Crippen MR) is 129 cm³/mol. The summed E-state index contributed by atoms with van der Waals surface area (Å²) in [5.74, 6) is 0. The molecule has 2 N–H and O–H groups in total. The molecule has 2 rings (SSSR count). The van der Waals surface area contributed by atoms with Crippen LogP contribution in [-0.2, 0) is 42.5 Å². The molecule has 32 heavy (non-hydrogen) atoms. The molecule has 0 saturated heterocycles. The number of hydrogen-bond acceptors (Lipinski definition) is 3. The SMILES string of the molecule is CCc1cccc(CC)c1NCCCN(C)CCNc1c(CC)cccc1CC.[Cl-].[Cl-].[Co+2]. The Bertz CT molecular complexity index is 711. The first-order valence-corrected chi connectivity index (χ1v) is 11.5. The van der Waals surface area contributed by atoms with Gasteiger partial charge in [0.2, 0.25) is 0 Å². The second-order valence-electron chi connectivity index (χ2n) is 7.83. The molecule has 3 nitrogen and oxygen atoms in total. The van der Waals surface area contributed by atoms with Gasteiger partial charge in [0, 0.05) is 31.0 Å². The minimum Gasteiger partial charge on any atom is -1.00 e. The Morgan fingerprint density at radius 1 is 0.625 bits per heavy atom. The Labute approximate surface area is 219 Å². The maximum atomic E-state index is 3.71. The largest absolute Gasteiger partial charge is 2.00 e. The van der Waals surface area contributed by atoms with Gasteiger partial charge in [-0.1, -0.05) is 64.1 Å². The van der Waals surface area contributed by atoms with Crippen LogP contribution in [0.1, 0.15) is 56.4 Å². The van der Waals surface area contributed by atoms with Gasteiger partial charge in [0.25, 0.3) is 0 Å². The molecule has 0 aliphatic rings. The summed E-state index contributed by atoms with van der Waals surface area (Å²) in [6, 6.07) is 13.4. The van der Waals surface area contributed by atoms with Crippen molar-refractivity contribution in [1.29, 1.82) is 0 Å². The standard InChI is InChI=1S/C26H41N3.2ClH.Co/c1-6-21-13-10-14-22(7-2)25(21)27-17-12-19-29(5)20-18-28-26-23(8-3)15-11-16-24(26)9-4;;;/h10-11,13-16,27-28H,6-9,12,17-20H2,1-5H3;2*1H;/q;;;+2/p-2. The summed E-state index contributed by atoms with van der Waals surface area (Å²) in [6.07, 6.45) is 5.48. The average Bonchev–Trinajstić information content (AvgIpc) is 2.76. The summed E-state index contributed by atoms with van der Waals surface area (Å²) in [4.78, 5) is 2.43. The molecule has 0 spiro atoms. The van der Waals surface area contributed by atoms with Crippen LogP contribution in [0.2, 0.25) is 0 Å². The van der Waals surface area contributed by atoms with E-state index >= 15 is 0 Å². The molecule has 0 atom stereocenters. The molecule has 0 heterocycles. The summed E-state index contributed by atoms with van der Waals surface area (Å²) >= 11 is 0. The van der Waals surface area contributed by atoms with E-state index in [-0.39, 0.29) is 41.6 Å². The topological polar surface area (TPSA) is 27.3 Å². The van der Waals surface area contributed by atoms with Crippen molar-refractivity contribution < 1.29 is 41.6 Å². The Balaban J connectivity index is 0. The van der Waals surface area contributed by atoms with E-state index in [1.807, 2.05) is 0 Å². The van der Waals surface area contributed by atoms with Gasteiger partial charge in [0.15, 0.2) is 0 Å². The first-order valence-electron chi connectivity index (χ1n) is 11.5. The van der Waals surface area contributed by atoms with Crippen molar-refractivity contribution in [3.05, 3.63) is 58.7 Å². The third-order valence-electron chi connectivity index (χ3n) is 5.81. The third-order valence-corrected chi connectivity index (χ3v) is 5.81. The summed E-state index contributed by atoms with van der Waals surface area (Å²) in [5, 5.41) is 7.41. The van der Waals surface area contributed by atoms with E-state index in [1.165, 1.54) is 33.6 Å². The van der Waals surface area contributed by atoms with E-state index in [4.69, 9.17) is 0 Å². The molecule has 0 bridgehead atoms. The van der Waals surface area contributed by atoms with Gasteiger partial charge in [-0.3, -0.25) is 0 Å². The van der Waals surface area contributed by atoms with Gasteiger partial charge in [0.1, 0.15) is 0 Å². The van der Waals surface area contributed by atoms with Gasteiger partial charge in [-0.05, 0) is 68.0 Å². The number of halogens is 2. The first-order chi connectivity index (χ1) is 14.1. The minimum atomic E-state index is 0. The quantitative estimate of drug-likeness (QED) is 0.355. The first kappa shape index (κ1) is 33.3. The normalized spacial score (nSPS) is 10.1. The Kier molecular flexibility index (Phi) is 19.2. The fraction of sp³-hybridized carbons (Fsp3) is 0.538. The van der Waals surface area contributed by atoms with E-state index in [0.717, 1.165) is 58.3 Å². The van der Waals surface area contributed by atoms with Crippen molar-refractivity contribution in [2.45, 2.75) is 59.8 Å². The summed E-state index contributed by atoms with van der Waals surface area (Å²) in [6.45, 7) is 13.1. The van der Waals surface area contributed by atoms with Crippen molar-refractivity contribution in [2.75, 3.05) is 43.9 Å². The number of para-hydroxylation sites is 2. The third kappa shape index (κ3) is 9.92. The van der Waals surface area contributed by atoms with E-state index in [2.05, 4.69) is 86.7 Å². The molecule has 0 unspecified atom stereocenters. The Morgan fingerprint density at radius 3 is 1.38 bits per heavy atom.